The molecule has 0 unspecified atom stereocenters. The Morgan fingerprint density at radius 2 is 2.05 bits per heavy atom. The molecule has 1 saturated heterocycles. The molecule has 19 heavy (non-hydrogen) atoms. The standard InChI is InChI=1S/C15H18N2O2/c1-2-15(18)10-17(11-15)9-13-8-14(16-19-13)12-6-4-3-5-7-12/h3-8,18H,2,9-11H2,1H3. The quantitative estimate of drug-likeness (QED) is 0.914. The van der Waals surface area contributed by atoms with Crippen LogP contribution >= 0.6 is 0 Å². The predicted octanol–water partition coefficient (Wildman–Crippen LogP) is 2.30. The highest BCUT2D eigenvalue weighted by atomic mass is 16.5. The summed E-state index contributed by atoms with van der Waals surface area (Å²) >= 11 is 0. The summed E-state index contributed by atoms with van der Waals surface area (Å²) in [5, 5.41) is 14.1. The second-order valence-corrected chi connectivity index (χ2v) is 5.27. The number of hydrogen-bond donors (Lipinski definition) is 1. The van der Waals surface area contributed by atoms with Gasteiger partial charge in [-0.15, -0.1) is 0 Å². The largest absolute Gasteiger partial charge is 0.387 e. The van der Waals surface area contributed by atoms with Gasteiger partial charge in [0.1, 0.15) is 5.69 Å². The smallest absolute Gasteiger partial charge is 0.151 e. The number of rotatable bonds is 4. The zero-order valence-electron chi connectivity index (χ0n) is 11.0. The molecule has 100 valence electrons. The number of benzene rings is 1. The van der Waals surface area contributed by atoms with Gasteiger partial charge in [-0.3, -0.25) is 4.90 Å². The molecule has 0 saturated carbocycles. The lowest BCUT2D eigenvalue weighted by molar-refractivity contribution is -0.105. The lowest BCUT2D eigenvalue weighted by Gasteiger charge is -2.45. The van der Waals surface area contributed by atoms with Gasteiger partial charge in [-0.25, -0.2) is 0 Å². The molecule has 3 rings (SSSR count). The van der Waals surface area contributed by atoms with Gasteiger partial charge in [-0.1, -0.05) is 42.4 Å². The first-order valence-corrected chi connectivity index (χ1v) is 6.64. The SMILES string of the molecule is CCC1(O)CN(Cc2cc(-c3ccccc3)no2)C1. The van der Waals surface area contributed by atoms with Crippen molar-refractivity contribution in [2.24, 2.45) is 0 Å². The highest BCUT2D eigenvalue weighted by Crippen LogP contribution is 2.27. The molecular weight excluding hydrogens is 240 g/mol. The third-order valence-electron chi connectivity index (χ3n) is 3.70. The average molecular weight is 258 g/mol. The zero-order chi connectivity index (χ0) is 13.3. The van der Waals surface area contributed by atoms with Crippen molar-refractivity contribution >= 4 is 0 Å². The van der Waals surface area contributed by atoms with Crippen molar-refractivity contribution in [3.05, 3.63) is 42.2 Å². The van der Waals surface area contributed by atoms with E-state index in [0.29, 0.717) is 19.6 Å². The van der Waals surface area contributed by atoms with E-state index in [2.05, 4.69) is 10.1 Å². The van der Waals surface area contributed by atoms with Crippen LogP contribution in [0.3, 0.4) is 0 Å². The summed E-state index contributed by atoms with van der Waals surface area (Å²) in [7, 11) is 0. The molecule has 1 fully saturated rings. The normalized spacial score (nSPS) is 18.2. The molecule has 0 atom stereocenters. The van der Waals surface area contributed by atoms with Gasteiger partial charge < -0.3 is 9.63 Å². The van der Waals surface area contributed by atoms with Gasteiger partial charge in [-0.05, 0) is 6.42 Å². The van der Waals surface area contributed by atoms with Crippen molar-refractivity contribution in [2.75, 3.05) is 13.1 Å². The second kappa shape index (κ2) is 4.79. The summed E-state index contributed by atoms with van der Waals surface area (Å²) in [6, 6.07) is 12.0. The topological polar surface area (TPSA) is 49.5 Å². The maximum Gasteiger partial charge on any atom is 0.151 e. The first-order chi connectivity index (χ1) is 9.18. The third-order valence-corrected chi connectivity index (χ3v) is 3.70. The molecule has 0 spiro atoms. The Hall–Kier alpha value is -1.65. The van der Waals surface area contributed by atoms with Gasteiger partial charge in [0, 0.05) is 24.7 Å². The lowest BCUT2D eigenvalue weighted by Crippen LogP contribution is -2.60. The fraction of sp³-hybridized carbons (Fsp3) is 0.400. The van der Waals surface area contributed by atoms with Crippen LogP contribution in [0.25, 0.3) is 11.3 Å². The first-order valence-electron chi connectivity index (χ1n) is 6.64. The third kappa shape index (κ3) is 2.55. The summed E-state index contributed by atoms with van der Waals surface area (Å²) in [5.74, 6) is 0.844. The number of aliphatic hydroxyl groups is 1. The van der Waals surface area contributed by atoms with Crippen LogP contribution < -0.4 is 0 Å². The number of hydrogen-bond acceptors (Lipinski definition) is 4. The van der Waals surface area contributed by atoms with Gasteiger partial charge in [0.05, 0.1) is 12.1 Å². The van der Waals surface area contributed by atoms with E-state index in [-0.39, 0.29) is 0 Å². The van der Waals surface area contributed by atoms with Crippen LogP contribution in [0.1, 0.15) is 19.1 Å². The van der Waals surface area contributed by atoms with Crippen LogP contribution in [0.15, 0.2) is 40.9 Å². The number of nitrogens with zero attached hydrogens (tertiary/aromatic N) is 2. The molecule has 0 amide bonds. The van der Waals surface area contributed by atoms with E-state index < -0.39 is 5.60 Å². The van der Waals surface area contributed by atoms with Crippen molar-refractivity contribution in [3.8, 4) is 11.3 Å². The van der Waals surface area contributed by atoms with E-state index in [4.69, 9.17) is 4.52 Å². The highest BCUT2D eigenvalue weighted by molar-refractivity contribution is 5.58. The van der Waals surface area contributed by atoms with Crippen LogP contribution in [0.4, 0.5) is 0 Å². The predicted molar refractivity (Wildman–Crippen MR) is 72.5 cm³/mol. The fourth-order valence-corrected chi connectivity index (χ4v) is 2.47. The van der Waals surface area contributed by atoms with Gasteiger partial charge in [-0.2, -0.15) is 0 Å². The van der Waals surface area contributed by atoms with Gasteiger partial charge >= 0.3 is 0 Å². The van der Waals surface area contributed by atoms with E-state index in [1.165, 1.54) is 0 Å². The molecule has 0 aliphatic carbocycles. The lowest BCUT2D eigenvalue weighted by atomic mass is 9.91. The van der Waals surface area contributed by atoms with Crippen molar-refractivity contribution < 1.29 is 9.63 Å². The van der Waals surface area contributed by atoms with Crippen molar-refractivity contribution in [1.82, 2.24) is 10.1 Å². The van der Waals surface area contributed by atoms with Crippen LogP contribution in [0, 0.1) is 0 Å². The first kappa shape index (κ1) is 12.4. The summed E-state index contributed by atoms with van der Waals surface area (Å²) in [6.45, 7) is 4.15. The summed E-state index contributed by atoms with van der Waals surface area (Å²) in [6.07, 6.45) is 0.801. The molecule has 4 nitrogen and oxygen atoms in total. The summed E-state index contributed by atoms with van der Waals surface area (Å²) < 4.78 is 5.35. The Morgan fingerprint density at radius 1 is 1.32 bits per heavy atom. The molecule has 2 aromatic rings. The highest BCUT2D eigenvalue weighted by Gasteiger charge is 2.39. The Labute approximate surface area is 112 Å². The Kier molecular flexibility index (Phi) is 3.12. The van der Waals surface area contributed by atoms with E-state index in [1.807, 2.05) is 43.3 Å². The Morgan fingerprint density at radius 3 is 2.74 bits per heavy atom. The van der Waals surface area contributed by atoms with Crippen LogP contribution in [-0.2, 0) is 6.54 Å². The minimum atomic E-state index is -0.498. The van der Waals surface area contributed by atoms with Crippen molar-refractivity contribution in [3.63, 3.8) is 0 Å². The molecule has 1 aromatic heterocycles. The summed E-state index contributed by atoms with van der Waals surface area (Å²) in [5.41, 5.74) is 1.43. The monoisotopic (exact) mass is 258 g/mol. The molecule has 1 aliphatic rings. The van der Waals surface area contributed by atoms with Gasteiger partial charge in [0.15, 0.2) is 5.76 Å². The fourth-order valence-electron chi connectivity index (χ4n) is 2.47. The number of β-amino-alcohol motifs (C(OH)–C–C–N with tert-alkyl or cyclic N) is 1. The van der Waals surface area contributed by atoms with Gasteiger partial charge in [0.25, 0.3) is 0 Å². The second-order valence-electron chi connectivity index (χ2n) is 5.27. The van der Waals surface area contributed by atoms with Crippen LogP contribution in [-0.4, -0.2) is 33.9 Å². The van der Waals surface area contributed by atoms with E-state index in [9.17, 15) is 5.11 Å². The Balaban J connectivity index is 1.64. The zero-order valence-corrected chi connectivity index (χ0v) is 11.0. The number of aromatic nitrogens is 1. The minimum absolute atomic E-state index is 0.498. The maximum absolute atomic E-state index is 9.96. The maximum atomic E-state index is 9.96. The van der Waals surface area contributed by atoms with Gasteiger partial charge in [0.2, 0.25) is 0 Å². The molecule has 1 N–H and O–H groups in total. The average Bonchev–Trinajstić information content (AvgIpc) is 2.86. The van der Waals surface area contributed by atoms with Crippen LogP contribution in [0.5, 0.6) is 0 Å². The molecule has 2 heterocycles. The molecular formula is C15H18N2O2. The summed E-state index contributed by atoms with van der Waals surface area (Å²) in [4.78, 5) is 2.17. The molecule has 0 radical (unpaired) electrons. The van der Waals surface area contributed by atoms with E-state index >= 15 is 0 Å². The van der Waals surface area contributed by atoms with Crippen LogP contribution in [0.2, 0.25) is 0 Å². The molecule has 1 aliphatic heterocycles. The van der Waals surface area contributed by atoms with Crippen molar-refractivity contribution in [1.29, 1.82) is 0 Å². The molecule has 4 heteroatoms. The minimum Gasteiger partial charge on any atom is -0.387 e. The molecule has 1 aromatic carbocycles. The Bertz CT molecular complexity index is 544. The number of likely N-dealkylation sites (tertiary alicyclic amines) is 1. The molecule has 0 bridgehead atoms. The van der Waals surface area contributed by atoms with E-state index in [0.717, 1.165) is 23.4 Å². The van der Waals surface area contributed by atoms with E-state index in [1.54, 1.807) is 0 Å². The van der Waals surface area contributed by atoms with Crippen molar-refractivity contribution in [2.45, 2.75) is 25.5 Å².